The summed E-state index contributed by atoms with van der Waals surface area (Å²) in [4.78, 5) is 0. The molecule has 21 heavy (non-hydrogen) atoms. The second kappa shape index (κ2) is 6.05. The van der Waals surface area contributed by atoms with Gasteiger partial charge in [0, 0.05) is 0 Å². The minimum Gasteiger partial charge on any atom is -0.205 e. The molecule has 0 bridgehead atoms. The first kappa shape index (κ1) is 14.4. The first-order valence-corrected chi connectivity index (χ1v) is 7.51. The van der Waals surface area contributed by atoms with Crippen molar-refractivity contribution in [2.45, 2.75) is 11.8 Å². The Balaban J connectivity index is 1.85. The van der Waals surface area contributed by atoms with Crippen molar-refractivity contribution in [1.29, 1.82) is 0 Å². The molecule has 0 spiro atoms. The highest BCUT2D eigenvalue weighted by Gasteiger charge is 2.11. The third kappa shape index (κ3) is 3.20. The van der Waals surface area contributed by atoms with Crippen LogP contribution in [0.15, 0.2) is 60.7 Å². The Hall–Kier alpha value is -1.57. The highest BCUT2D eigenvalue weighted by atomic mass is 35.5. The summed E-state index contributed by atoms with van der Waals surface area (Å²) in [5.41, 5.74) is 1.98. The highest BCUT2D eigenvalue weighted by molar-refractivity contribution is 6.31. The Labute approximate surface area is 133 Å². The Morgan fingerprint density at radius 2 is 1.67 bits per heavy atom. The number of halogens is 3. The maximum Gasteiger partial charge on any atom is 0.141 e. The van der Waals surface area contributed by atoms with Crippen LogP contribution >= 0.6 is 23.2 Å². The molecule has 0 nitrogen and oxygen atoms in total. The normalized spacial score (nSPS) is 12.5. The van der Waals surface area contributed by atoms with Crippen LogP contribution in [0.5, 0.6) is 0 Å². The van der Waals surface area contributed by atoms with Gasteiger partial charge in [-0.15, -0.1) is 11.6 Å². The zero-order chi connectivity index (χ0) is 14.8. The van der Waals surface area contributed by atoms with E-state index in [1.807, 2.05) is 12.1 Å². The molecule has 3 aromatic rings. The Bertz CT molecular complexity index is 783. The van der Waals surface area contributed by atoms with Gasteiger partial charge in [0.25, 0.3) is 0 Å². The van der Waals surface area contributed by atoms with Gasteiger partial charge in [0.05, 0.1) is 10.4 Å². The van der Waals surface area contributed by atoms with Crippen LogP contribution in [-0.2, 0) is 6.42 Å². The van der Waals surface area contributed by atoms with Crippen molar-refractivity contribution in [2.75, 3.05) is 0 Å². The van der Waals surface area contributed by atoms with E-state index in [4.69, 9.17) is 23.2 Å². The summed E-state index contributed by atoms with van der Waals surface area (Å²) >= 11 is 12.2. The fraction of sp³-hybridized carbons (Fsp3) is 0.111. The van der Waals surface area contributed by atoms with Crippen LogP contribution in [0.1, 0.15) is 16.5 Å². The summed E-state index contributed by atoms with van der Waals surface area (Å²) in [6, 6.07) is 19.1. The average molecular weight is 319 g/mol. The molecule has 1 unspecified atom stereocenters. The third-order valence-electron chi connectivity index (χ3n) is 3.53. The molecule has 106 valence electrons. The molecule has 3 heteroatoms. The second-order valence-corrected chi connectivity index (χ2v) is 5.96. The van der Waals surface area contributed by atoms with Gasteiger partial charge in [-0.1, -0.05) is 60.1 Å². The van der Waals surface area contributed by atoms with Crippen molar-refractivity contribution in [3.05, 3.63) is 82.6 Å². The van der Waals surface area contributed by atoms with E-state index in [2.05, 4.69) is 30.3 Å². The number of fused-ring (bicyclic) bond motifs is 1. The fourth-order valence-electron chi connectivity index (χ4n) is 2.40. The number of benzene rings is 3. The molecule has 0 aliphatic carbocycles. The van der Waals surface area contributed by atoms with Crippen molar-refractivity contribution >= 4 is 34.0 Å². The minimum absolute atomic E-state index is 0.108. The van der Waals surface area contributed by atoms with Gasteiger partial charge >= 0.3 is 0 Å². The van der Waals surface area contributed by atoms with Crippen molar-refractivity contribution in [1.82, 2.24) is 0 Å². The van der Waals surface area contributed by atoms with E-state index in [1.54, 1.807) is 12.1 Å². The SMILES string of the molecule is Fc1ccc(C(Cl)Cc2ccc3ccccc3c2)cc1Cl. The van der Waals surface area contributed by atoms with Gasteiger partial charge in [-0.2, -0.15) is 0 Å². The number of hydrogen-bond donors (Lipinski definition) is 0. The summed E-state index contributed by atoms with van der Waals surface area (Å²) in [6.45, 7) is 0. The van der Waals surface area contributed by atoms with Crippen molar-refractivity contribution in [3.63, 3.8) is 0 Å². The number of hydrogen-bond acceptors (Lipinski definition) is 0. The molecule has 0 radical (unpaired) electrons. The quantitative estimate of drug-likeness (QED) is 0.508. The molecule has 0 N–H and O–H groups in total. The van der Waals surface area contributed by atoms with Crippen LogP contribution in [0.4, 0.5) is 4.39 Å². The predicted octanol–water partition coefficient (Wildman–Crippen LogP) is 6.15. The van der Waals surface area contributed by atoms with Crippen LogP contribution in [0, 0.1) is 5.82 Å². The molecule has 0 saturated carbocycles. The zero-order valence-corrected chi connectivity index (χ0v) is 12.7. The van der Waals surface area contributed by atoms with Crippen LogP contribution < -0.4 is 0 Å². The fourth-order valence-corrected chi connectivity index (χ4v) is 2.90. The van der Waals surface area contributed by atoms with Gasteiger partial charge in [-0.05, 0) is 40.5 Å². The van der Waals surface area contributed by atoms with Crippen molar-refractivity contribution in [2.24, 2.45) is 0 Å². The molecule has 3 aromatic carbocycles. The standard InChI is InChI=1S/C18H13Cl2F/c19-16(15-7-8-18(21)17(20)11-15)10-12-5-6-13-3-1-2-4-14(13)9-12/h1-9,11,16H,10H2. The molecule has 0 aromatic heterocycles. The van der Waals surface area contributed by atoms with Crippen molar-refractivity contribution < 1.29 is 4.39 Å². The molecular weight excluding hydrogens is 306 g/mol. The molecular formula is C18H13Cl2F. The number of alkyl halides is 1. The first-order chi connectivity index (χ1) is 10.1. The summed E-state index contributed by atoms with van der Waals surface area (Å²) in [5, 5.41) is 2.27. The van der Waals surface area contributed by atoms with E-state index in [0.29, 0.717) is 6.42 Å². The monoisotopic (exact) mass is 318 g/mol. The van der Waals surface area contributed by atoms with E-state index < -0.39 is 5.82 Å². The highest BCUT2D eigenvalue weighted by Crippen LogP contribution is 2.29. The van der Waals surface area contributed by atoms with Crippen LogP contribution in [0.25, 0.3) is 10.8 Å². The molecule has 0 aliphatic heterocycles. The summed E-state index contributed by atoms with van der Waals surface area (Å²) < 4.78 is 13.2. The lowest BCUT2D eigenvalue weighted by molar-refractivity contribution is 0.627. The summed E-state index contributed by atoms with van der Waals surface area (Å²) in [7, 11) is 0. The predicted molar refractivity (Wildman–Crippen MR) is 87.7 cm³/mol. The lowest BCUT2D eigenvalue weighted by atomic mass is 10.0. The van der Waals surface area contributed by atoms with Crippen LogP contribution in [-0.4, -0.2) is 0 Å². The van der Waals surface area contributed by atoms with Gasteiger partial charge < -0.3 is 0 Å². The van der Waals surface area contributed by atoms with Crippen molar-refractivity contribution in [3.8, 4) is 0 Å². The minimum atomic E-state index is -0.421. The lowest BCUT2D eigenvalue weighted by Gasteiger charge is -2.11. The average Bonchev–Trinajstić information content (AvgIpc) is 2.50. The van der Waals surface area contributed by atoms with Gasteiger partial charge in [-0.25, -0.2) is 4.39 Å². The van der Waals surface area contributed by atoms with Crippen LogP contribution in [0.3, 0.4) is 0 Å². The van der Waals surface area contributed by atoms with Gasteiger partial charge in [0.1, 0.15) is 5.82 Å². The smallest absolute Gasteiger partial charge is 0.141 e. The van der Waals surface area contributed by atoms with E-state index in [0.717, 1.165) is 11.1 Å². The molecule has 1 atom stereocenters. The molecule has 0 saturated heterocycles. The number of rotatable bonds is 3. The molecule has 0 fully saturated rings. The first-order valence-electron chi connectivity index (χ1n) is 6.70. The van der Waals surface area contributed by atoms with Gasteiger partial charge in [-0.3, -0.25) is 0 Å². The summed E-state index contributed by atoms with van der Waals surface area (Å²) in [6.07, 6.45) is 0.675. The Morgan fingerprint density at radius 3 is 2.43 bits per heavy atom. The zero-order valence-electron chi connectivity index (χ0n) is 11.2. The van der Waals surface area contributed by atoms with Gasteiger partial charge in [0.2, 0.25) is 0 Å². The van der Waals surface area contributed by atoms with Crippen LogP contribution in [0.2, 0.25) is 5.02 Å². The molecule has 0 aliphatic rings. The Morgan fingerprint density at radius 1 is 0.905 bits per heavy atom. The Kier molecular flexibility index (Phi) is 4.14. The molecule has 0 heterocycles. The maximum absolute atomic E-state index is 13.2. The molecule has 3 rings (SSSR count). The van der Waals surface area contributed by atoms with E-state index in [-0.39, 0.29) is 10.4 Å². The lowest BCUT2D eigenvalue weighted by Crippen LogP contribution is -1.96. The van der Waals surface area contributed by atoms with E-state index in [9.17, 15) is 4.39 Å². The second-order valence-electron chi connectivity index (χ2n) is 5.03. The maximum atomic E-state index is 13.2. The van der Waals surface area contributed by atoms with Gasteiger partial charge in [0.15, 0.2) is 0 Å². The summed E-state index contributed by atoms with van der Waals surface area (Å²) in [5.74, 6) is -0.421. The third-order valence-corrected chi connectivity index (χ3v) is 4.23. The molecule has 0 amide bonds. The van der Waals surface area contributed by atoms with E-state index >= 15 is 0 Å². The van der Waals surface area contributed by atoms with E-state index in [1.165, 1.54) is 16.8 Å². The largest absolute Gasteiger partial charge is 0.205 e. The topological polar surface area (TPSA) is 0 Å².